The van der Waals surface area contributed by atoms with Crippen molar-refractivity contribution in [1.82, 2.24) is 0 Å². The first kappa shape index (κ1) is 25.8. The van der Waals surface area contributed by atoms with Gasteiger partial charge in [-0.05, 0) is 38.1 Å². The van der Waals surface area contributed by atoms with E-state index in [9.17, 15) is 29.7 Å². The molecular weight excluding hydrogens is 420 g/mol. The highest BCUT2D eigenvalue weighted by Crippen LogP contribution is 2.30. The van der Waals surface area contributed by atoms with Crippen LogP contribution in [0.3, 0.4) is 0 Å². The van der Waals surface area contributed by atoms with Crippen LogP contribution in [-0.4, -0.2) is 46.9 Å². The van der Waals surface area contributed by atoms with E-state index < -0.39 is 17.5 Å². The molecule has 0 unspecified atom stereocenters. The Labute approximate surface area is 184 Å². The second-order valence-corrected chi connectivity index (χ2v) is 6.46. The molecule has 0 aliphatic rings. The Morgan fingerprint density at radius 3 is 1.81 bits per heavy atom. The number of esters is 2. The van der Waals surface area contributed by atoms with Crippen molar-refractivity contribution in [2.24, 2.45) is 0 Å². The van der Waals surface area contributed by atoms with E-state index in [-0.39, 0.29) is 46.7 Å². The van der Waals surface area contributed by atoms with Crippen molar-refractivity contribution in [2.45, 2.75) is 13.8 Å². The first-order valence-electron chi connectivity index (χ1n) is 9.06. The standard InChI is InChI=1S/C18H16O7.C5H8O2/c1-10(2)18(23)25-9-24-12-4-6-14(16(21)8-12)17(22)13-5-3-11(19)7-15(13)20;1-4(2)5(6)7-3/h3-8,19-21H,1,9H2,2H3;1H2,2-3H3. The fraction of sp³-hybridized carbons (Fsp3) is 0.174. The Hall–Kier alpha value is -4.27. The van der Waals surface area contributed by atoms with Gasteiger partial charge >= 0.3 is 11.9 Å². The smallest absolute Gasteiger partial charge is 0.335 e. The molecule has 0 bridgehead atoms. The van der Waals surface area contributed by atoms with Crippen molar-refractivity contribution in [3.05, 3.63) is 71.8 Å². The first-order chi connectivity index (χ1) is 15.0. The maximum atomic E-state index is 12.4. The average molecular weight is 444 g/mol. The zero-order chi connectivity index (χ0) is 24.4. The number of rotatable bonds is 7. The highest BCUT2D eigenvalue weighted by molar-refractivity contribution is 6.12. The maximum absolute atomic E-state index is 12.4. The van der Waals surface area contributed by atoms with Gasteiger partial charge in [-0.1, -0.05) is 13.2 Å². The van der Waals surface area contributed by atoms with Gasteiger partial charge in [0.05, 0.1) is 18.2 Å². The van der Waals surface area contributed by atoms with Crippen LogP contribution in [0.2, 0.25) is 0 Å². The van der Waals surface area contributed by atoms with Crippen LogP contribution in [-0.2, 0) is 19.1 Å². The van der Waals surface area contributed by atoms with Gasteiger partial charge in [0.15, 0.2) is 5.78 Å². The van der Waals surface area contributed by atoms with Crippen LogP contribution in [0, 0.1) is 0 Å². The van der Waals surface area contributed by atoms with Crippen LogP contribution in [0.4, 0.5) is 0 Å². The van der Waals surface area contributed by atoms with Gasteiger partial charge in [-0.25, -0.2) is 9.59 Å². The number of ketones is 1. The summed E-state index contributed by atoms with van der Waals surface area (Å²) < 4.78 is 14.2. The van der Waals surface area contributed by atoms with Crippen molar-refractivity contribution < 1.29 is 43.9 Å². The molecule has 9 heteroatoms. The van der Waals surface area contributed by atoms with E-state index in [1.807, 2.05) is 0 Å². The Bertz CT molecular complexity index is 1040. The first-order valence-corrected chi connectivity index (χ1v) is 9.06. The third-order valence-corrected chi connectivity index (χ3v) is 3.74. The van der Waals surface area contributed by atoms with Crippen LogP contribution >= 0.6 is 0 Å². The predicted octanol–water partition coefficient (Wildman–Crippen LogP) is 3.23. The molecule has 3 N–H and O–H groups in total. The molecule has 9 nitrogen and oxygen atoms in total. The summed E-state index contributed by atoms with van der Waals surface area (Å²) in [6.07, 6.45) is 0. The number of carbonyl (C=O) groups is 3. The molecule has 2 aromatic rings. The molecule has 0 aliphatic heterocycles. The minimum atomic E-state index is -0.629. The number of ether oxygens (including phenoxy) is 3. The molecule has 0 amide bonds. The lowest BCUT2D eigenvalue weighted by atomic mass is 10.0. The van der Waals surface area contributed by atoms with Crippen LogP contribution in [0.5, 0.6) is 23.0 Å². The molecule has 0 saturated carbocycles. The lowest BCUT2D eigenvalue weighted by Crippen LogP contribution is -2.10. The van der Waals surface area contributed by atoms with Gasteiger partial charge in [0, 0.05) is 23.3 Å². The molecule has 0 aromatic heterocycles. The van der Waals surface area contributed by atoms with E-state index >= 15 is 0 Å². The number of carbonyl (C=O) groups excluding carboxylic acids is 3. The number of benzene rings is 2. The lowest BCUT2D eigenvalue weighted by molar-refractivity contribution is -0.145. The van der Waals surface area contributed by atoms with Crippen LogP contribution in [0.1, 0.15) is 29.8 Å². The number of phenols is 3. The Balaban J connectivity index is 0.000000633. The molecule has 0 heterocycles. The molecule has 0 saturated heterocycles. The van der Waals surface area contributed by atoms with E-state index in [0.717, 1.165) is 6.07 Å². The maximum Gasteiger partial charge on any atom is 0.335 e. The minimum absolute atomic E-state index is 0.0627. The molecule has 0 atom stereocenters. The van der Waals surface area contributed by atoms with Gasteiger partial charge < -0.3 is 29.5 Å². The van der Waals surface area contributed by atoms with Gasteiger partial charge in [-0.3, -0.25) is 4.79 Å². The highest BCUT2D eigenvalue weighted by atomic mass is 16.7. The Kier molecular flexibility index (Phi) is 9.50. The SMILES string of the molecule is C=C(C)C(=O)OC.C=C(C)C(=O)OCOc1ccc(C(=O)c2ccc(O)cc2O)c(O)c1. The van der Waals surface area contributed by atoms with Crippen LogP contribution < -0.4 is 4.74 Å². The van der Waals surface area contributed by atoms with Crippen molar-refractivity contribution in [1.29, 1.82) is 0 Å². The summed E-state index contributed by atoms with van der Waals surface area (Å²) in [5.41, 5.74) is 0.521. The fourth-order valence-electron chi connectivity index (χ4n) is 2.10. The summed E-state index contributed by atoms with van der Waals surface area (Å²) in [6, 6.07) is 7.40. The minimum Gasteiger partial charge on any atom is -0.508 e. The van der Waals surface area contributed by atoms with Crippen LogP contribution in [0.15, 0.2) is 60.7 Å². The van der Waals surface area contributed by atoms with Crippen molar-refractivity contribution in [2.75, 3.05) is 13.9 Å². The topological polar surface area (TPSA) is 140 Å². The number of phenolic OH excluding ortho intramolecular Hbond substituents is 3. The molecule has 0 aliphatic carbocycles. The Morgan fingerprint density at radius 1 is 0.844 bits per heavy atom. The van der Waals surface area contributed by atoms with E-state index in [4.69, 9.17) is 9.47 Å². The normalized spacial score (nSPS) is 9.59. The van der Waals surface area contributed by atoms with E-state index in [1.165, 1.54) is 44.4 Å². The summed E-state index contributed by atoms with van der Waals surface area (Å²) >= 11 is 0. The zero-order valence-electron chi connectivity index (χ0n) is 17.9. The van der Waals surface area contributed by atoms with Gasteiger partial charge in [0.2, 0.25) is 6.79 Å². The molecule has 0 radical (unpaired) electrons. The molecule has 0 spiro atoms. The lowest BCUT2D eigenvalue weighted by Gasteiger charge is -2.10. The fourth-order valence-corrected chi connectivity index (χ4v) is 2.10. The van der Waals surface area contributed by atoms with E-state index in [2.05, 4.69) is 17.9 Å². The van der Waals surface area contributed by atoms with Gasteiger partial charge in [0.1, 0.15) is 23.0 Å². The monoisotopic (exact) mass is 444 g/mol. The molecule has 32 heavy (non-hydrogen) atoms. The largest absolute Gasteiger partial charge is 0.508 e. The zero-order valence-corrected chi connectivity index (χ0v) is 17.9. The second-order valence-electron chi connectivity index (χ2n) is 6.46. The second kappa shape index (κ2) is 11.8. The third kappa shape index (κ3) is 7.52. The number of methoxy groups -OCH3 is 1. The summed E-state index contributed by atoms with van der Waals surface area (Å²) in [6.45, 7) is 9.49. The quantitative estimate of drug-likeness (QED) is 0.254. The van der Waals surface area contributed by atoms with Gasteiger partial charge in [-0.15, -0.1) is 0 Å². The number of hydrogen-bond donors (Lipinski definition) is 3. The predicted molar refractivity (Wildman–Crippen MR) is 115 cm³/mol. The highest BCUT2D eigenvalue weighted by Gasteiger charge is 2.18. The summed E-state index contributed by atoms with van der Waals surface area (Å²) in [5, 5.41) is 29.0. The van der Waals surface area contributed by atoms with E-state index in [1.54, 1.807) is 6.92 Å². The molecule has 2 aromatic carbocycles. The molecule has 2 rings (SSSR count). The van der Waals surface area contributed by atoms with Crippen molar-refractivity contribution in [3.63, 3.8) is 0 Å². The van der Waals surface area contributed by atoms with Crippen molar-refractivity contribution >= 4 is 17.7 Å². The van der Waals surface area contributed by atoms with Crippen molar-refractivity contribution in [3.8, 4) is 23.0 Å². The molecule has 170 valence electrons. The van der Waals surface area contributed by atoms with Gasteiger partial charge in [0.25, 0.3) is 0 Å². The average Bonchev–Trinajstić information content (AvgIpc) is 2.73. The van der Waals surface area contributed by atoms with E-state index in [0.29, 0.717) is 5.57 Å². The molecular formula is C23H24O9. The Morgan fingerprint density at radius 2 is 1.38 bits per heavy atom. The summed E-state index contributed by atoms with van der Waals surface area (Å²) in [5.74, 6) is -2.38. The van der Waals surface area contributed by atoms with Crippen LogP contribution in [0.25, 0.3) is 0 Å². The summed E-state index contributed by atoms with van der Waals surface area (Å²) in [7, 11) is 1.33. The van der Waals surface area contributed by atoms with Gasteiger partial charge in [-0.2, -0.15) is 0 Å². The third-order valence-electron chi connectivity index (χ3n) is 3.74. The molecule has 0 fully saturated rings. The number of aromatic hydroxyl groups is 3. The summed E-state index contributed by atoms with van der Waals surface area (Å²) in [4.78, 5) is 33.8. The number of hydrogen-bond acceptors (Lipinski definition) is 9.